The smallest absolute Gasteiger partial charge is 0.0263 e. The van der Waals surface area contributed by atoms with Crippen molar-refractivity contribution in [3.8, 4) is 0 Å². The Labute approximate surface area is 112 Å². The lowest BCUT2D eigenvalue weighted by Crippen LogP contribution is -2.50. The molecule has 0 aliphatic carbocycles. The van der Waals surface area contributed by atoms with E-state index < -0.39 is 0 Å². The molecule has 3 nitrogen and oxygen atoms in total. The maximum Gasteiger partial charge on any atom is 0.0263 e. The van der Waals surface area contributed by atoms with Gasteiger partial charge in [-0.15, -0.1) is 0 Å². The number of hydrogen-bond acceptors (Lipinski definition) is 3. The molecule has 3 rings (SSSR count). The van der Waals surface area contributed by atoms with Crippen LogP contribution in [0.3, 0.4) is 0 Å². The van der Waals surface area contributed by atoms with Crippen LogP contribution in [-0.2, 0) is 0 Å². The van der Waals surface area contributed by atoms with Gasteiger partial charge in [0.05, 0.1) is 0 Å². The number of hydrogen-bond donors (Lipinski definition) is 1. The van der Waals surface area contributed by atoms with Crippen LogP contribution >= 0.6 is 0 Å². The molecule has 0 radical (unpaired) electrons. The maximum absolute atomic E-state index is 6.05. The average molecular weight is 251 g/mol. The van der Waals surface area contributed by atoms with E-state index in [1.54, 1.807) is 0 Å². The van der Waals surface area contributed by atoms with Gasteiger partial charge in [0, 0.05) is 24.7 Å². The third-order valence-corrected chi connectivity index (χ3v) is 5.61. The standard InChI is InChI=1S/C15H29N3/c1-12(16)13-5-9-18(10-6-13)15-7-11-17-8-3-2-4-14(15)17/h12-15H,2-11,16H2,1H3. The summed E-state index contributed by atoms with van der Waals surface area (Å²) in [7, 11) is 0. The van der Waals surface area contributed by atoms with Crippen LogP contribution in [0, 0.1) is 5.92 Å². The Morgan fingerprint density at radius 2 is 1.44 bits per heavy atom. The second-order valence-corrected chi connectivity index (χ2v) is 6.69. The van der Waals surface area contributed by atoms with E-state index in [9.17, 15) is 0 Å². The number of fused-ring (bicyclic) bond motifs is 1. The van der Waals surface area contributed by atoms with Crippen molar-refractivity contribution in [1.82, 2.24) is 9.80 Å². The first-order chi connectivity index (χ1) is 8.75. The van der Waals surface area contributed by atoms with Gasteiger partial charge in [-0.25, -0.2) is 0 Å². The highest BCUT2D eigenvalue weighted by molar-refractivity contribution is 4.96. The van der Waals surface area contributed by atoms with Crippen LogP contribution in [0.25, 0.3) is 0 Å². The Morgan fingerprint density at radius 1 is 0.833 bits per heavy atom. The summed E-state index contributed by atoms with van der Waals surface area (Å²) in [6.45, 7) is 7.47. The molecule has 3 heterocycles. The largest absolute Gasteiger partial charge is 0.328 e. The van der Waals surface area contributed by atoms with E-state index in [0.29, 0.717) is 6.04 Å². The molecule has 3 unspecified atom stereocenters. The molecule has 2 N–H and O–H groups in total. The fraction of sp³-hybridized carbons (Fsp3) is 1.00. The van der Waals surface area contributed by atoms with Crippen molar-refractivity contribution in [2.45, 2.75) is 63.6 Å². The molecule has 3 aliphatic rings. The van der Waals surface area contributed by atoms with Crippen LogP contribution in [0.15, 0.2) is 0 Å². The van der Waals surface area contributed by atoms with Crippen molar-refractivity contribution in [3.05, 3.63) is 0 Å². The number of nitrogens with two attached hydrogens (primary N) is 1. The molecule has 3 saturated heterocycles. The molecule has 3 fully saturated rings. The van der Waals surface area contributed by atoms with Crippen molar-refractivity contribution in [2.24, 2.45) is 11.7 Å². The lowest BCUT2D eigenvalue weighted by Gasteiger charge is -2.41. The Kier molecular flexibility index (Phi) is 3.92. The fourth-order valence-electron chi connectivity index (χ4n) is 4.42. The van der Waals surface area contributed by atoms with Crippen molar-refractivity contribution in [3.63, 3.8) is 0 Å². The second kappa shape index (κ2) is 5.48. The minimum atomic E-state index is 0.391. The van der Waals surface area contributed by atoms with E-state index in [1.165, 1.54) is 64.7 Å². The monoisotopic (exact) mass is 251 g/mol. The fourth-order valence-corrected chi connectivity index (χ4v) is 4.42. The van der Waals surface area contributed by atoms with Crippen LogP contribution < -0.4 is 5.73 Å². The zero-order valence-corrected chi connectivity index (χ0v) is 11.9. The van der Waals surface area contributed by atoms with Crippen molar-refractivity contribution in [2.75, 3.05) is 26.2 Å². The van der Waals surface area contributed by atoms with Crippen LogP contribution in [0.2, 0.25) is 0 Å². The molecule has 0 spiro atoms. The normalized spacial score (nSPS) is 37.7. The van der Waals surface area contributed by atoms with Crippen LogP contribution in [0.4, 0.5) is 0 Å². The molecule has 3 aliphatic heterocycles. The first-order valence-electron chi connectivity index (χ1n) is 7.99. The molecule has 0 aromatic rings. The van der Waals surface area contributed by atoms with E-state index in [2.05, 4.69) is 16.7 Å². The summed E-state index contributed by atoms with van der Waals surface area (Å²) in [4.78, 5) is 5.54. The number of likely N-dealkylation sites (tertiary alicyclic amines) is 1. The van der Waals surface area contributed by atoms with Gasteiger partial charge in [-0.05, 0) is 64.6 Å². The molecule has 18 heavy (non-hydrogen) atoms. The quantitative estimate of drug-likeness (QED) is 0.810. The molecule has 0 amide bonds. The highest BCUT2D eigenvalue weighted by atomic mass is 15.3. The summed E-state index contributed by atoms with van der Waals surface area (Å²) >= 11 is 0. The van der Waals surface area contributed by atoms with Gasteiger partial charge in [0.15, 0.2) is 0 Å². The summed E-state index contributed by atoms with van der Waals surface area (Å²) in [5.74, 6) is 0.769. The topological polar surface area (TPSA) is 32.5 Å². The van der Waals surface area contributed by atoms with Crippen molar-refractivity contribution >= 4 is 0 Å². The van der Waals surface area contributed by atoms with Gasteiger partial charge in [0.25, 0.3) is 0 Å². The number of piperidine rings is 2. The van der Waals surface area contributed by atoms with E-state index in [-0.39, 0.29) is 0 Å². The predicted molar refractivity (Wildman–Crippen MR) is 75.6 cm³/mol. The van der Waals surface area contributed by atoms with Gasteiger partial charge in [0.1, 0.15) is 0 Å². The molecular weight excluding hydrogens is 222 g/mol. The van der Waals surface area contributed by atoms with E-state index in [0.717, 1.165) is 18.0 Å². The van der Waals surface area contributed by atoms with E-state index in [1.807, 2.05) is 0 Å². The SMILES string of the molecule is CC(N)C1CCN(C2CCN3CCCCC23)CC1. The van der Waals surface area contributed by atoms with Gasteiger partial charge in [-0.3, -0.25) is 9.80 Å². The maximum atomic E-state index is 6.05. The van der Waals surface area contributed by atoms with Crippen LogP contribution in [0.5, 0.6) is 0 Å². The summed E-state index contributed by atoms with van der Waals surface area (Å²) in [6.07, 6.45) is 8.37. The van der Waals surface area contributed by atoms with Gasteiger partial charge in [-0.1, -0.05) is 6.42 Å². The van der Waals surface area contributed by atoms with E-state index in [4.69, 9.17) is 5.73 Å². The minimum absolute atomic E-state index is 0.391. The zero-order chi connectivity index (χ0) is 12.5. The first-order valence-corrected chi connectivity index (χ1v) is 7.99. The molecule has 0 bridgehead atoms. The van der Waals surface area contributed by atoms with Gasteiger partial charge in [-0.2, -0.15) is 0 Å². The third-order valence-electron chi connectivity index (χ3n) is 5.61. The molecule has 0 saturated carbocycles. The number of nitrogens with zero attached hydrogens (tertiary/aromatic N) is 2. The minimum Gasteiger partial charge on any atom is -0.328 e. The van der Waals surface area contributed by atoms with Crippen LogP contribution in [-0.4, -0.2) is 54.1 Å². The highest BCUT2D eigenvalue weighted by Gasteiger charge is 2.39. The molecular formula is C15H29N3. The lowest BCUT2D eigenvalue weighted by atomic mass is 9.88. The number of rotatable bonds is 2. The molecule has 0 aromatic heterocycles. The van der Waals surface area contributed by atoms with Gasteiger partial charge < -0.3 is 5.73 Å². The Hall–Kier alpha value is -0.120. The van der Waals surface area contributed by atoms with Gasteiger partial charge in [0.2, 0.25) is 0 Å². The molecule has 0 aromatic carbocycles. The molecule has 104 valence electrons. The zero-order valence-electron chi connectivity index (χ0n) is 11.9. The summed E-state index contributed by atoms with van der Waals surface area (Å²) in [5, 5.41) is 0. The lowest BCUT2D eigenvalue weighted by molar-refractivity contribution is 0.0808. The van der Waals surface area contributed by atoms with Crippen LogP contribution in [0.1, 0.15) is 45.4 Å². The Morgan fingerprint density at radius 3 is 2.17 bits per heavy atom. The Balaban J connectivity index is 1.56. The molecule has 3 atom stereocenters. The van der Waals surface area contributed by atoms with Crippen molar-refractivity contribution in [1.29, 1.82) is 0 Å². The van der Waals surface area contributed by atoms with E-state index >= 15 is 0 Å². The molecule has 3 heteroatoms. The second-order valence-electron chi connectivity index (χ2n) is 6.69. The first kappa shape index (κ1) is 12.9. The van der Waals surface area contributed by atoms with Crippen molar-refractivity contribution < 1.29 is 0 Å². The summed E-state index contributed by atoms with van der Waals surface area (Å²) in [6, 6.07) is 2.13. The predicted octanol–water partition coefficient (Wildman–Crippen LogP) is 1.67. The third kappa shape index (κ3) is 2.45. The summed E-state index contributed by atoms with van der Waals surface area (Å²) < 4.78 is 0. The highest BCUT2D eigenvalue weighted by Crippen LogP contribution is 2.32. The average Bonchev–Trinajstić information content (AvgIpc) is 2.82. The Bertz CT molecular complexity index is 271. The summed E-state index contributed by atoms with van der Waals surface area (Å²) in [5.41, 5.74) is 6.05. The van der Waals surface area contributed by atoms with Gasteiger partial charge >= 0.3 is 0 Å².